The van der Waals surface area contributed by atoms with Gasteiger partial charge in [-0.25, -0.2) is 9.97 Å². The van der Waals surface area contributed by atoms with Crippen LogP contribution in [0.1, 0.15) is 44.2 Å². The average molecular weight is 404 g/mol. The molecule has 0 fully saturated rings. The first-order valence-electron chi connectivity index (χ1n) is 10.6. The minimum Gasteiger partial charge on any atom is -0.389 e. The zero-order valence-electron chi connectivity index (χ0n) is 17.3. The third kappa shape index (κ3) is 6.49. The largest absolute Gasteiger partial charge is 0.389 e. The number of anilines is 3. The molecule has 3 rings (SSSR count). The van der Waals surface area contributed by atoms with Crippen molar-refractivity contribution in [2.75, 3.05) is 11.5 Å². The second kappa shape index (κ2) is 11.8. The summed E-state index contributed by atoms with van der Waals surface area (Å²) in [6.45, 7) is -0.334. The van der Waals surface area contributed by atoms with Gasteiger partial charge in [0.15, 0.2) is 5.78 Å². The highest BCUT2D eigenvalue weighted by Crippen LogP contribution is 2.31. The molecule has 2 aromatic carbocycles. The molecule has 5 nitrogen and oxygen atoms in total. The van der Waals surface area contributed by atoms with E-state index < -0.39 is 0 Å². The van der Waals surface area contributed by atoms with Gasteiger partial charge in [0.2, 0.25) is 5.95 Å². The van der Waals surface area contributed by atoms with Gasteiger partial charge in [-0.3, -0.25) is 9.69 Å². The number of carbonyl (C=O) groups excluding carboxylic acids is 1. The molecule has 0 aliphatic carbocycles. The molecule has 0 amide bonds. The lowest BCUT2D eigenvalue weighted by Gasteiger charge is -2.23. The molecular weight excluding hydrogens is 374 g/mol. The molecule has 5 heteroatoms. The Kier molecular flexibility index (Phi) is 8.54. The molecule has 0 spiro atoms. The highest BCUT2D eigenvalue weighted by atomic mass is 16.3. The predicted molar refractivity (Wildman–Crippen MR) is 120 cm³/mol. The van der Waals surface area contributed by atoms with E-state index in [1.54, 1.807) is 0 Å². The zero-order chi connectivity index (χ0) is 21.0. The number of aliphatic hydroxyl groups is 1. The number of carbonyl (C=O) groups is 1. The van der Waals surface area contributed by atoms with Crippen molar-refractivity contribution < 1.29 is 9.90 Å². The van der Waals surface area contributed by atoms with E-state index >= 15 is 0 Å². The van der Waals surface area contributed by atoms with Crippen molar-refractivity contribution in [1.29, 1.82) is 0 Å². The molecule has 0 aliphatic heterocycles. The Morgan fingerprint density at radius 3 is 2.03 bits per heavy atom. The van der Waals surface area contributed by atoms with Gasteiger partial charge in [-0.2, -0.15) is 0 Å². The first-order valence-corrected chi connectivity index (χ1v) is 10.6. The van der Waals surface area contributed by atoms with E-state index in [2.05, 4.69) is 34.1 Å². The van der Waals surface area contributed by atoms with Crippen LogP contribution in [0.15, 0.2) is 72.9 Å². The minimum absolute atomic E-state index is 0.0649. The van der Waals surface area contributed by atoms with Crippen LogP contribution in [0.4, 0.5) is 17.3 Å². The van der Waals surface area contributed by atoms with Crippen LogP contribution in [-0.2, 0) is 11.2 Å². The van der Waals surface area contributed by atoms with E-state index in [9.17, 15) is 4.79 Å². The van der Waals surface area contributed by atoms with Gasteiger partial charge in [-0.15, -0.1) is 0 Å². The van der Waals surface area contributed by atoms with Crippen molar-refractivity contribution in [3.05, 3.63) is 78.6 Å². The number of rotatable bonds is 12. The molecule has 0 saturated heterocycles. The lowest BCUT2D eigenvalue weighted by molar-refractivity contribution is -0.121. The fourth-order valence-electron chi connectivity index (χ4n) is 3.40. The Morgan fingerprint density at radius 2 is 1.40 bits per heavy atom. The first kappa shape index (κ1) is 21.7. The van der Waals surface area contributed by atoms with Gasteiger partial charge in [0.05, 0.1) is 0 Å². The molecular formula is C25H29N3O2. The van der Waals surface area contributed by atoms with Gasteiger partial charge < -0.3 is 5.11 Å². The van der Waals surface area contributed by atoms with Crippen LogP contribution >= 0.6 is 0 Å². The van der Waals surface area contributed by atoms with E-state index in [4.69, 9.17) is 10.1 Å². The normalized spacial score (nSPS) is 10.7. The van der Waals surface area contributed by atoms with Gasteiger partial charge in [0, 0.05) is 29.7 Å². The van der Waals surface area contributed by atoms with E-state index in [1.807, 2.05) is 48.7 Å². The summed E-state index contributed by atoms with van der Waals surface area (Å²) in [6, 6.07) is 22.3. The molecule has 3 aromatic rings. The number of nitrogens with zero attached hydrogens (tertiary/aromatic N) is 3. The molecule has 1 N–H and O–H groups in total. The van der Waals surface area contributed by atoms with Crippen LogP contribution in [0.3, 0.4) is 0 Å². The number of ketones is 1. The smallest absolute Gasteiger partial charge is 0.234 e. The molecule has 0 atom stereocenters. The highest BCUT2D eigenvalue weighted by Gasteiger charge is 2.14. The van der Waals surface area contributed by atoms with Crippen molar-refractivity contribution in [3.8, 4) is 0 Å². The van der Waals surface area contributed by atoms with Crippen LogP contribution in [-0.4, -0.2) is 27.5 Å². The van der Waals surface area contributed by atoms with Gasteiger partial charge in [-0.1, -0.05) is 55.7 Å². The Balaban J connectivity index is 1.61. The zero-order valence-corrected chi connectivity index (χ0v) is 17.3. The molecule has 0 aliphatic rings. The quantitative estimate of drug-likeness (QED) is 0.411. The predicted octanol–water partition coefficient (Wildman–Crippen LogP) is 5.39. The fraction of sp³-hybridized carbons (Fsp3) is 0.320. The van der Waals surface area contributed by atoms with Gasteiger partial charge >= 0.3 is 0 Å². The SMILES string of the molecule is O=C(CO)CCCCCCCc1ccnc(N(c2ccccc2)c2ccccc2)n1. The van der Waals surface area contributed by atoms with Crippen LogP contribution in [0.25, 0.3) is 0 Å². The summed E-state index contributed by atoms with van der Waals surface area (Å²) in [5.74, 6) is 0.609. The highest BCUT2D eigenvalue weighted by molar-refractivity contribution is 5.79. The van der Waals surface area contributed by atoms with Gasteiger partial charge in [0.1, 0.15) is 6.61 Å². The fourth-order valence-corrected chi connectivity index (χ4v) is 3.40. The molecule has 1 aromatic heterocycles. The second-order valence-corrected chi connectivity index (χ2v) is 7.32. The summed E-state index contributed by atoms with van der Waals surface area (Å²) in [5, 5.41) is 8.74. The maximum absolute atomic E-state index is 11.1. The number of aliphatic hydroxyl groups excluding tert-OH is 1. The van der Waals surface area contributed by atoms with Crippen LogP contribution in [0, 0.1) is 0 Å². The lowest BCUT2D eigenvalue weighted by atomic mass is 10.1. The molecule has 0 bridgehead atoms. The number of aromatic nitrogens is 2. The number of unbranched alkanes of at least 4 members (excludes halogenated alkanes) is 4. The average Bonchev–Trinajstić information content (AvgIpc) is 2.80. The summed E-state index contributed by atoms with van der Waals surface area (Å²) in [4.78, 5) is 22.6. The molecule has 1 heterocycles. The van der Waals surface area contributed by atoms with Crippen LogP contribution in [0.2, 0.25) is 0 Å². The van der Waals surface area contributed by atoms with Gasteiger partial charge in [-0.05, 0) is 49.6 Å². The number of hydrogen-bond donors (Lipinski definition) is 1. The number of Topliss-reactive ketones (excluding diaryl/α,β-unsaturated/α-hetero) is 1. The Morgan fingerprint density at radius 1 is 0.800 bits per heavy atom. The number of hydrogen-bond acceptors (Lipinski definition) is 5. The van der Waals surface area contributed by atoms with Crippen molar-refractivity contribution >= 4 is 23.1 Å². The van der Waals surface area contributed by atoms with Crippen molar-refractivity contribution in [3.63, 3.8) is 0 Å². The third-order valence-corrected chi connectivity index (χ3v) is 4.99. The van der Waals surface area contributed by atoms with E-state index in [1.165, 1.54) is 0 Å². The summed E-state index contributed by atoms with van der Waals surface area (Å²) in [6.07, 6.45) is 8.36. The topological polar surface area (TPSA) is 66.3 Å². The summed E-state index contributed by atoms with van der Waals surface area (Å²) < 4.78 is 0. The van der Waals surface area contributed by atoms with E-state index in [0.29, 0.717) is 12.4 Å². The van der Waals surface area contributed by atoms with Crippen LogP contribution < -0.4 is 4.90 Å². The monoisotopic (exact) mass is 403 g/mol. The lowest BCUT2D eigenvalue weighted by Crippen LogP contribution is -2.13. The maximum atomic E-state index is 11.1. The van der Waals surface area contributed by atoms with Crippen molar-refractivity contribution in [2.24, 2.45) is 0 Å². The van der Waals surface area contributed by atoms with E-state index in [0.717, 1.165) is 55.6 Å². The Bertz CT molecular complexity index is 861. The molecule has 0 unspecified atom stereocenters. The molecule has 0 radical (unpaired) electrons. The third-order valence-electron chi connectivity index (χ3n) is 4.99. The summed E-state index contributed by atoms with van der Waals surface area (Å²) in [5.41, 5.74) is 3.09. The van der Waals surface area contributed by atoms with Crippen molar-refractivity contribution in [2.45, 2.75) is 44.9 Å². The number of aryl methyl sites for hydroxylation is 1. The number of benzene rings is 2. The summed E-state index contributed by atoms with van der Waals surface area (Å²) >= 11 is 0. The Labute approximate surface area is 178 Å². The maximum Gasteiger partial charge on any atom is 0.234 e. The summed E-state index contributed by atoms with van der Waals surface area (Å²) in [7, 11) is 0. The first-order chi connectivity index (χ1) is 14.8. The Hall–Kier alpha value is -3.05. The molecule has 30 heavy (non-hydrogen) atoms. The van der Waals surface area contributed by atoms with E-state index in [-0.39, 0.29) is 12.4 Å². The number of para-hydroxylation sites is 2. The minimum atomic E-state index is -0.334. The van der Waals surface area contributed by atoms with Gasteiger partial charge in [0.25, 0.3) is 0 Å². The van der Waals surface area contributed by atoms with Crippen molar-refractivity contribution in [1.82, 2.24) is 9.97 Å². The second-order valence-electron chi connectivity index (χ2n) is 7.32. The van der Waals surface area contributed by atoms with Crippen LogP contribution in [0.5, 0.6) is 0 Å². The molecule has 0 saturated carbocycles. The molecule has 156 valence electrons. The standard InChI is InChI=1S/C25H29N3O2/c29-20-24(30)17-11-3-1-2-6-12-21-18-19-26-25(27-21)28(22-13-7-4-8-14-22)23-15-9-5-10-16-23/h4-5,7-10,13-16,18-19,29H,1-3,6,11-12,17,20H2.